The molecule has 4 heteroatoms. The molecule has 0 atom stereocenters. The molecular weight excluding hydrogens is 238 g/mol. The standard InChI is InChI=1S/C15H15N3O/c1-11-7-14(19-18-11)10-17-9-13-4-2-3-12-8-16-6-5-15(12)13/h2-8,17H,9-10H2,1H3. The summed E-state index contributed by atoms with van der Waals surface area (Å²) in [6.07, 6.45) is 3.71. The van der Waals surface area contributed by atoms with Crippen LogP contribution < -0.4 is 5.32 Å². The van der Waals surface area contributed by atoms with Gasteiger partial charge in [-0.05, 0) is 23.9 Å². The van der Waals surface area contributed by atoms with E-state index < -0.39 is 0 Å². The molecule has 0 aliphatic heterocycles. The second-order valence-electron chi connectivity index (χ2n) is 4.55. The second kappa shape index (κ2) is 5.20. The van der Waals surface area contributed by atoms with E-state index in [-0.39, 0.29) is 0 Å². The van der Waals surface area contributed by atoms with Gasteiger partial charge in [-0.15, -0.1) is 0 Å². The summed E-state index contributed by atoms with van der Waals surface area (Å²) >= 11 is 0. The molecule has 0 unspecified atom stereocenters. The van der Waals surface area contributed by atoms with Gasteiger partial charge in [-0.2, -0.15) is 0 Å². The van der Waals surface area contributed by atoms with Crippen LogP contribution in [0.2, 0.25) is 0 Å². The van der Waals surface area contributed by atoms with E-state index in [2.05, 4.69) is 33.7 Å². The highest BCUT2D eigenvalue weighted by Gasteiger charge is 2.02. The van der Waals surface area contributed by atoms with Crippen molar-refractivity contribution >= 4 is 10.8 Å². The second-order valence-corrected chi connectivity index (χ2v) is 4.55. The summed E-state index contributed by atoms with van der Waals surface area (Å²) in [6.45, 7) is 3.40. The van der Waals surface area contributed by atoms with Crippen LogP contribution in [0.3, 0.4) is 0 Å². The predicted molar refractivity (Wildman–Crippen MR) is 73.5 cm³/mol. The molecule has 0 aliphatic carbocycles. The van der Waals surface area contributed by atoms with Gasteiger partial charge in [0.2, 0.25) is 0 Å². The molecule has 0 bridgehead atoms. The Hall–Kier alpha value is -2.20. The number of aryl methyl sites for hydroxylation is 1. The van der Waals surface area contributed by atoms with Gasteiger partial charge in [0.25, 0.3) is 0 Å². The van der Waals surface area contributed by atoms with E-state index in [4.69, 9.17) is 4.52 Å². The van der Waals surface area contributed by atoms with Gasteiger partial charge in [0.1, 0.15) is 0 Å². The van der Waals surface area contributed by atoms with Crippen LogP contribution in [-0.4, -0.2) is 10.1 Å². The van der Waals surface area contributed by atoms with Gasteiger partial charge in [0, 0.05) is 30.4 Å². The van der Waals surface area contributed by atoms with Gasteiger partial charge in [-0.25, -0.2) is 0 Å². The minimum Gasteiger partial charge on any atom is -0.360 e. The van der Waals surface area contributed by atoms with Crippen molar-refractivity contribution in [2.75, 3.05) is 0 Å². The van der Waals surface area contributed by atoms with E-state index in [0.717, 1.165) is 23.4 Å². The molecule has 0 fully saturated rings. The van der Waals surface area contributed by atoms with E-state index in [0.29, 0.717) is 6.54 Å². The summed E-state index contributed by atoms with van der Waals surface area (Å²) in [5.41, 5.74) is 2.17. The van der Waals surface area contributed by atoms with E-state index in [1.165, 1.54) is 10.9 Å². The monoisotopic (exact) mass is 253 g/mol. The number of pyridine rings is 1. The molecule has 3 aromatic rings. The van der Waals surface area contributed by atoms with Crippen LogP contribution in [0.4, 0.5) is 0 Å². The fraction of sp³-hybridized carbons (Fsp3) is 0.200. The van der Waals surface area contributed by atoms with Crippen molar-refractivity contribution in [2.45, 2.75) is 20.0 Å². The van der Waals surface area contributed by atoms with Crippen molar-refractivity contribution in [3.8, 4) is 0 Å². The van der Waals surface area contributed by atoms with Gasteiger partial charge < -0.3 is 9.84 Å². The molecule has 19 heavy (non-hydrogen) atoms. The Morgan fingerprint density at radius 3 is 3.00 bits per heavy atom. The van der Waals surface area contributed by atoms with Crippen LogP contribution in [-0.2, 0) is 13.1 Å². The number of rotatable bonds is 4. The Morgan fingerprint density at radius 2 is 2.16 bits per heavy atom. The zero-order chi connectivity index (χ0) is 13.1. The summed E-state index contributed by atoms with van der Waals surface area (Å²) in [7, 11) is 0. The molecule has 0 amide bonds. The van der Waals surface area contributed by atoms with Gasteiger partial charge in [-0.1, -0.05) is 23.4 Å². The van der Waals surface area contributed by atoms with Crippen molar-refractivity contribution in [1.82, 2.24) is 15.5 Å². The van der Waals surface area contributed by atoms with Gasteiger partial charge >= 0.3 is 0 Å². The third kappa shape index (κ3) is 2.63. The number of nitrogens with one attached hydrogen (secondary N) is 1. The van der Waals surface area contributed by atoms with Gasteiger partial charge in [0.05, 0.1) is 12.2 Å². The molecule has 2 aromatic heterocycles. The molecule has 1 aromatic carbocycles. The topological polar surface area (TPSA) is 51.0 Å². The molecule has 4 nitrogen and oxygen atoms in total. The average molecular weight is 253 g/mol. The largest absolute Gasteiger partial charge is 0.360 e. The molecule has 96 valence electrons. The number of hydrogen-bond donors (Lipinski definition) is 1. The third-order valence-corrected chi connectivity index (χ3v) is 3.06. The first kappa shape index (κ1) is 11.9. The smallest absolute Gasteiger partial charge is 0.150 e. The lowest BCUT2D eigenvalue weighted by Gasteiger charge is -2.06. The van der Waals surface area contributed by atoms with E-state index in [9.17, 15) is 0 Å². The minimum atomic E-state index is 0.683. The maximum atomic E-state index is 5.17. The van der Waals surface area contributed by atoms with E-state index >= 15 is 0 Å². The first-order valence-electron chi connectivity index (χ1n) is 6.27. The highest BCUT2D eigenvalue weighted by atomic mass is 16.5. The van der Waals surface area contributed by atoms with Gasteiger partial charge in [-0.3, -0.25) is 4.98 Å². The molecule has 0 saturated carbocycles. The highest BCUT2D eigenvalue weighted by molar-refractivity contribution is 5.84. The summed E-state index contributed by atoms with van der Waals surface area (Å²) in [5, 5.41) is 9.64. The number of benzene rings is 1. The normalized spacial score (nSPS) is 11.0. The van der Waals surface area contributed by atoms with Crippen LogP contribution in [0.15, 0.2) is 47.2 Å². The summed E-state index contributed by atoms with van der Waals surface area (Å²) in [6, 6.07) is 10.2. The molecule has 0 spiro atoms. The van der Waals surface area contributed by atoms with Crippen molar-refractivity contribution in [3.05, 3.63) is 59.7 Å². The van der Waals surface area contributed by atoms with E-state index in [1.807, 2.05) is 31.5 Å². The van der Waals surface area contributed by atoms with Crippen LogP contribution in [0.1, 0.15) is 17.0 Å². The molecule has 2 heterocycles. The number of fused-ring (bicyclic) bond motifs is 1. The number of aromatic nitrogens is 2. The maximum absolute atomic E-state index is 5.17. The molecular formula is C15H15N3O. The Bertz CT molecular complexity index is 685. The molecule has 0 aliphatic rings. The van der Waals surface area contributed by atoms with Crippen LogP contribution in [0.5, 0.6) is 0 Å². The lowest BCUT2D eigenvalue weighted by molar-refractivity contribution is 0.369. The van der Waals surface area contributed by atoms with E-state index in [1.54, 1.807) is 0 Å². The van der Waals surface area contributed by atoms with Crippen molar-refractivity contribution in [1.29, 1.82) is 0 Å². The van der Waals surface area contributed by atoms with Crippen LogP contribution >= 0.6 is 0 Å². The Morgan fingerprint density at radius 1 is 1.21 bits per heavy atom. The van der Waals surface area contributed by atoms with Crippen molar-refractivity contribution < 1.29 is 4.52 Å². The summed E-state index contributed by atoms with van der Waals surface area (Å²) in [4.78, 5) is 4.14. The first-order chi connectivity index (χ1) is 9.33. The van der Waals surface area contributed by atoms with Crippen molar-refractivity contribution in [3.63, 3.8) is 0 Å². The van der Waals surface area contributed by atoms with Crippen LogP contribution in [0.25, 0.3) is 10.8 Å². The highest BCUT2D eigenvalue weighted by Crippen LogP contribution is 2.17. The lowest BCUT2D eigenvalue weighted by atomic mass is 10.1. The van der Waals surface area contributed by atoms with Crippen LogP contribution in [0, 0.1) is 6.92 Å². The fourth-order valence-corrected chi connectivity index (χ4v) is 2.16. The SMILES string of the molecule is Cc1cc(CNCc2cccc3cnccc23)on1. The quantitative estimate of drug-likeness (QED) is 0.776. The molecule has 0 radical (unpaired) electrons. The summed E-state index contributed by atoms with van der Waals surface area (Å²) in [5.74, 6) is 0.861. The number of nitrogens with zero attached hydrogens (tertiary/aromatic N) is 2. The van der Waals surface area contributed by atoms with Gasteiger partial charge in [0.15, 0.2) is 5.76 Å². The first-order valence-corrected chi connectivity index (χ1v) is 6.27. The summed E-state index contributed by atoms with van der Waals surface area (Å²) < 4.78 is 5.17. The Labute approximate surface area is 111 Å². The Kier molecular flexibility index (Phi) is 3.25. The Balaban J connectivity index is 1.71. The van der Waals surface area contributed by atoms with Crippen molar-refractivity contribution in [2.24, 2.45) is 0 Å². The fourth-order valence-electron chi connectivity index (χ4n) is 2.16. The third-order valence-electron chi connectivity index (χ3n) is 3.06. The lowest BCUT2D eigenvalue weighted by Crippen LogP contribution is -2.12. The minimum absolute atomic E-state index is 0.683. The molecule has 1 N–H and O–H groups in total. The maximum Gasteiger partial charge on any atom is 0.150 e. The zero-order valence-corrected chi connectivity index (χ0v) is 10.8. The number of hydrogen-bond acceptors (Lipinski definition) is 4. The molecule has 0 saturated heterocycles. The average Bonchev–Trinajstić information content (AvgIpc) is 2.85. The molecule has 3 rings (SSSR count). The zero-order valence-electron chi connectivity index (χ0n) is 10.8. The predicted octanol–water partition coefficient (Wildman–Crippen LogP) is 2.82.